The number of methoxy groups -OCH3 is 1. The molecule has 2 heterocycles. The van der Waals surface area contributed by atoms with Crippen LogP contribution < -0.4 is 9.47 Å². The first-order valence-electron chi connectivity index (χ1n) is 11.9. The predicted octanol–water partition coefficient (Wildman–Crippen LogP) is 4.74. The second kappa shape index (κ2) is 11.4. The molecule has 7 heteroatoms. The van der Waals surface area contributed by atoms with Crippen LogP contribution in [0.3, 0.4) is 0 Å². The number of nitrogens with zero attached hydrogens (tertiary/aromatic N) is 2. The number of thiophene rings is 1. The molecule has 184 valence electrons. The summed E-state index contributed by atoms with van der Waals surface area (Å²) in [7, 11) is 1.62. The highest BCUT2D eigenvalue weighted by Crippen LogP contribution is 2.34. The van der Waals surface area contributed by atoms with Gasteiger partial charge in [0.15, 0.2) is 0 Å². The molecule has 0 fully saturated rings. The first kappa shape index (κ1) is 24.8. The molecule has 0 N–H and O–H groups in total. The molecule has 35 heavy (non-hydrogen) atoms. The molecule has 0 saturated heterocycles. The van der Waals surface area contributed by atoms with Crippen LogP contribution in [0.5, 0.6) is 11.5 Å². The van der Waals surface area contributed by atoms with Crippen molar-refractivity contribution in [2.45, 2.75) is 38.8 Å². The summed E-state index contributed by atoms with van der Waals surface area (Å²) >= 11 is 1.72. The van der Waals surface area contributed by atoms with E-state index in [0.29, 0.717) is 18.9 Å². The minimum Gasteiger partial charge on any atom is -0.497 e. The summed E-state index contributed by atoms with van der Waals surface area (Å²) in [5, 5.41) is 2.07. The minimum atomic E-state index is -0.207. The van der Waals surface area contributed by atoms with E-state index in [0.717, 1.165) is 23.3 Å². The van der Waals surface area contributed by atoms with Gasteiger partial charge in [-0.2, -0.15) is 0 Å². The molecule has 6 nitrogen and oxygen atoms in total. The summed E-state index contributed by atoms with van der Waals surface area (Å²) < 4.78 is 11.4. The molecule has 0 radical (unpaired) electrons. The Kier molecular flexibility index (Phi) is 8.08. The van der Waals surface area contributed by atoms with Crippen LogP contribution in [0.4, 0.5) is 0 Å². The number of ether oxygens (including phenoxy) is 2. The molecule has 0 spiro atoms. The normalized spacial score (nSPS) is 15.0. The van der Waals surface area contributed by atoms with Crippen molar-refractivity contribution in [3.05, 3.63) is 82.0 Å². The van der Waals surface area contributed by atoms with E-state index < -0.39 is 0 Å². The molecule has 1 atom stereocenters. The van der Waals surface area contributed by atoms with Gasteiger partial charge in [0.25, 0.3) is 0 Å². The van der Waals surface area contributed by atoms with Gasteiger partial charge in [-0.1, -0.05) is 36.4 Å². The molecule has 1 aliphatic heterocycles. The van der Waals surface area contributed by atoms with Gasteiger partial charge in [0, 0.05) is 23.5 Å². The van der Waals surface area contributed by atoms with Crippen LogP contribution in [0.15, 0.2) is 66.0 Å². The average molecular weight is 493 g/mol. The second-order valence-electron chi connectivity index (χ2n) is 8.92. The number of hydrogen-bond donors (Lipinski definition) is 0. The van der Waals surface area contributed by atoms with E-state index in [2.05, 4.69) is 11.4 Å². The lowest BCUT2D eigenvalue weighted by atomic mass is 10.00. The lowest BCUT2D eigenvalue weighted by Crippen LogP contribution is -2.49. The van der Waals surface area contributed by atoms with E-state index in [1.54, 1.807) is 23.3 Å². The van der Waals surface area contributed by atoms with Gasteiger partial charge in [0.1, 0.15) is 24.7 Å². The summed E-state index contributed by atoms with van der Waals surface area (Å²) in [6, 6.07) is 18.9. The number of carbonyl (C=O) groups is 2. The molecule has 1 aromatic heterocycles. The van der Waals surface area contributed by atoms with Gasteiger partial charge < -0.3 is 19.3 Å². The van der Waals surface area contributed by atoms with Crippen molar-refractivity contribution >= 4 is 23.2 Å². The Labute approximate surface area is 211 Å². The Morgan fingerprint density at radius 1 is 1.09 bits per heavy atom. The number of amides is 2. The minimum absolute atomic E-state index is 0.0445. The van der Waals surface area contributed by atoms with Crippen molar-refractivity contribution in [2.75, 3.05) is 26.8 Å². The molecular formula is C28H32N2O4S. The standard InChI is InChI=1S/C28H32N2O4S/c1-20(2)30(27(31)16-21-8-5-4-6-9-21)18-28(32)29-14-12-26-24(13-15-35-26)25(29)19-34-23-11-7-10-22(17-23)33-3/h4-11,13,15,17,20,25H,12,14,16,18-19H2,1-3H3/t25-/m0/s1. The Morgan fingerprint density at radius 2 is 1.86 bits per heavy atom. The first-order chi connectivity index (χ1) is 17.0. The maximum atomic E-state index is 13.6. The molecule has 0 saturated carbocycles. The number of benzene rings is 2. The second-order valence-corrected chi connectivity index (χ2v) is 9.92. The third-order valence-corrected chi connectivity index (χ3v) is 7.31. The highest BCUT2D eigenvalue weighted by molar-refractivity contribution is 7.10. The summed E-state index contributed by atoms with van der Waals surface area (Å²) in [6.07, 6.45) is 1.09. The van der Waals surface area contributed by atoms with Gasteiger partial charge in [0.2, 0.25) is 11.8 Å². The molecule has 0 aliphatic carbocycles. The molecular weight excluding hydrogens is 460 g/mol. The van der Waals surface area contributed by atoms with Crippen molar-refractivity contribution in [1.29, 1.82) is 0 Å². The topological polar surface area (TPSA) is 59.1 Å². The number of rotatable bonds is 9. The van der Waals surface area contributed by atoms with Gasteiger partial charge in [-0.3, -0.25) is 9.59 Å². The lowest BCUT2D eigenvalue weighted by molar-refractivity contribution is -0.143. The van der Waals surface area contributed by atoms with Gasteiger partial charge in [-0.05, 0) is 55.0 Å². The summed E-state index contributed by atoms with van der Waals surface area (Å²) in [4.78, 5) is 31.5. The smallest absolute Gasteiger partial charge is 0.242 e. The van der Waals surface area contributed by atoms with Gasteiger partial charge in [-0.25, -0.2) is 0 Å². The quantitative estimate of drug-likeness (QED) is 0.433. The van der Waals surface area contributed by atoms with Crippen molar-refractivity contribution in [3.8, 4) is 11.5 Å². The summed E-state index contributed by atoms with van der Waals surface area (Å²) in [5.41, 5.74) is 2.07. The zero-order valence-electron chi connectivity index (χ0n) is 20.5. The Morgan fingerprint density at radius 3 is 2.60 bits per heavy atom. The predicted molar refractivity (Wildman–Crippen MR) is 138 cm³/mol. The van der Waals surface area contributed by atoms with E-state index in [9.17, 15) is 9.59 Å². The molecule has 2 aromatic carbocycles. The van der Waals surface area contributed by atoms with Crippen LogP contribution in [0, 0.1) is 0 Å². The van der Waals surface area contributed by atoms with Crippen molar-refractivity contribution in [2.24, 2.45) is 0 Å². The SMILES string of the molecule is COc1cccc(OC[C@H]2c3ccsc3CCN2C(=O)CN(C(=O)Cc2ccccc2)C(C)C)c1. The number of carbonyl (C=O) groups excluding carboxylic acids is 2. The highest BCUT2D eigenvalue weighted by atomic mass is 32.1. The van der Waals surface area contributed by atoms with E-state index in [1.807, 2.05) is 73.3 Å². The Balaban J connectivity index is 1.49. The van der Waals surface area contributed by atoms with E-state index in [1.165, 1.54) is 4.88 Å². The zero-order chi connectivity index (χ0) is 24.8. The van der Waals surface area contributed by atoms with Crippen LogP contribution in [-0.4, -0.2) is 54.5 Å². The lowest BCUT2D eigenvalue weighted by Gasteiger charge is -2.37. The van der Waals surface area contributed by atoms with Gasteiger partial charge in [-0.15, -0.1) is 11.3 Å². The van der Waals surface area contributed by atoms with E-state index in [4.69, 9.17) is 9.47 Å². The van der Waals surface area contributed by atoms with Crippen molar-refractivity contribution in [3.63, 3.8) is 0 Å². The van der Waals surface area contributed by atoms with Gasteiger partial charge in [0.05, 0.1) is 19.6 Å². The Hall–Kier alpha value is -3.32. The van der Waals surface area contributed by atoms with Crippen LogP contribution in [0.1, 0.15) is 35.9 Å². The largest absolute Gasteiger partial charge is 0.497 e. The highest BCUT2D eigenvalue weighted by Gasteiger charge is 2.34. The Bertz CT molecular complexity index is 1140. The fraction of sp³-hybridized carbons (Fsp3) is 0.357. The van der Waals surface area contributed by atoms with Crippen LogP contribution in [-0.2, 0) is 22.4 Å². The number of fused-ring (bicyclic) bond motifs is 1. The van der Waals surface area contributed by atoms with Crippen molar-refractivity contribution in [1.82, 2.24) is 9.80 Å². The summed E-state index contributed by atoms with van der Waals surface area (Å²) in [5.74, 6) is 1.31. The van der Waals surface area contributed by atoms with Crippen LogP contribution in [0.25, 0.3) is 0 Å². The molecule has 4 rings (SSSR count). The molecule has 3 aromatic rings. The monoisotopic (exact) mass is 492 g/mol. The van der Waals surface area contributed by atoms with E-state index in [-0.39, 0.29) is 36.9 Å². The van der Waals surface area contributed by atoms with E-state index >= 15 is 0 Å². The molecule has 1 aliphatic rings. The van der Waals surface area contributed by atoms with Crippen LogP contribution in [0.2, 0.25) is 0 Å². The average Bonchev–Trinajstić information content (AvgIpc) is 3.35. The van der Waals surface area contributed by atoms with Gasteiger partial charge >= 0.3 is 0 Å². The molecule has 0 unspecified atom stereocenters. The third-order valence-electron chi connectivity index (χ3n) is 6.31. The zero-order valence-corrected chi connectivity index (χ0v) is 21.3. The fourth-order valence-corrected chi connectivity index (χ4v) is 5.34. The van der Waals surface area contributed by atoms with Crippen LogP contribution >= 0.6 is 11.3 Å². The first-order valence-corrected chi connectivity index (χ1v) is 12.8. The molecule has 2 amide bonds. The maximum absolute atomic E-state index is 13.6. The third kappa shape index (κ3) is 6.03. The summed E-state index contributed by atoms with van der Waals surface area (Å²) in [6.45, 7) is 4.90. The number of hydrogen-bond acceptors (Lipinski definition) is 5. The van der Waals surface area contributed by atoms with Crippen molar-refractivity contribution < 1.29 is 19.1 Å². The fourth-order valence-electron chi connectivity index (χ4n) is 4.41. The maximum Gasteiger partial charge on any atom is 0.242 e. The molecule has 0 bridgehead atoms.